The second kappa shape index (κ2) is 11.4. The van der Waals surface area contributed by atoms with Crippen molar-refractivity contribution in [2.24, 2.45) is 11.7 Å². The average molecular weight is 420 g/mol. The van der Waals surface area contributed by atoms with Crippen LogP contribution in [-0.4, -0.2) is 37.6 Å². The molecule has 1 atom stereocenters. The lowest BCUT2D eigenvalue weighted by Crippen LogP contribution is -2.30. The Kier molecular flexibility index (Phi) is 9.21. The molecule has 0 radical (unpaired) electrons. The molecule has 0 spiro atoms. The van der Waals surface area contributed by atoms with Gasteiger partial charge in [-0.3, -0.25) is 4.90 Å². The van der Waals surface area contributed by atoms with Crippen LogP contribution in [-0.2, 0) is 0 Å². The van der Waals surface area contributed by atoms with E-state index in [1.54, 1.807) is 0 Å². The zero-order valence-electron chi connectivity index (χ0n) is 18.1. The van der Waals surface area contributed by atoms with Crippen molar-refractivity contribution in [2.45, 2.75) is 40.0 Å². The van der Waals surface area contributed by atoms with E-state index in [1.807, 2.05) is 37.1 Å². The van der Waals surface area contributed by atoms with Gasteiger partial charge in [-0.15, -0.1) is 11.6 Å². The van der Waals surface area contributed by atoms with Crippen molar-refractivity contribution in [1.82, 2.24) is 4.90 Å². The highest BCUT2D eigenvalue weighted by Gasteiger charge is 2.16. The standard InChI is InChI=1S/C23H34ClN3O2/c1-5-6-18(8-7-16(2)14-24)22-17(3)20-10-9-19(13-21(20)29-23(22)28)26-11-12-27(4)15-25/h6,9-10,13,16,26H,5,7-8,11-12,14-15,25H2,1-4H3/b18-6+. The number of fused-ring (bicyclic) bond motifs is 1. The lowest BCUT2D eigenvalue weighted by Gasteiger charge is -2.16. The van der Waals surface area contributed by atoms with Crippen molar-refractivity contribution in [3.8, 4) is 0 Å². The van der Waals surface area contributed by atoms with Crippen molar-refractivity contribution in [1.29, 1.82) is 0 Å². The highest BCUT2D eigenvalue weighted by molar-refractivity contribution is 6.18. The molecule has 0 saturated heterocycles. The van der Waals surface area contributed by atoms with E-state index in [-0.39, 0.29) is 5.63 Å². The third kappa shape index (κ3) is 6.33. The third-order valence-electron chi connectivity index (χ3n) is 5.24. The summed E-state index contributed by atoms with van der Waals surface area (Å²) in [6.07, 6.45) is 4.79. The minimum atomic E-state index is -0.270. The third-order valence-corrected chi connectivity index (χ3v) is 5.77. The summed E-state index contributed by atoms with van der Waals surface area (Å²) in [6, 6.07) is 5.95. The summed E-state index contributed by atoms with van der Waals surface area (Å²) < 4.78 is 5.73. The van der Waals surface area contributed by atoms with Crippen molar-refractivity contribution >= 4 is 33.8 Å². The van der Waals surface area contributed by atoms with Crippen LogP contribution in [0.3, 0.4) is 0 Å². The Balaban J connectivity index is 2.32. The van der Waals surface area contributed by atoms with Gasteiger partial charge in [-0.25, -0.2) is 4.79 Å². The number of allylic oxidation sites excluding steroid dienone is 2. The van der Waals surface area contributed by atoms with E-state index in [2.05, 4.69) is 25.2 Å². The SMILES string of the molecule is CC/C=C(\CCC(C)CCl)c1c(C)c2ccc(NCCN(C)CN)cc2oc1=O. The Labute approximate surface area is 178 Å². The number of nitrogens with one attached hydrogen (secondary N) is 1. The van der Waals surface area contributed by atoms with Crippen LogP contribution in [0.2, 0.25) is 0 Å². The van der Waals surface area contributed by atoms with Crippen LogP contribution in [0.4, 0.5) is 5.69 Å². The van der Waals surface area contributed by atoms with Crippen LogP contribution >= 0.6 is 11.6 Å². The highest BCUT2D eigenvalue weighted by Crippen LogP contribution is 2.29. The molecule has 0 bridgehead atoms. The first-order chi connectivity index (χ1) is 13.9. The molecule has 1 unspecified atom stereocenters. The number of halogens is 1. The molecular formula is C23H34ClN3O2. The van der Waals surface area contributed by atoms with E-state index in [9.17, 15) is 4.79 Å². The van der Waals surface area contributed by atoms with Crippen LogP contribution in [0.1, 0.15) is 44.2 Å². The minimum absolute atomic E-state index is 0.270. The Hall–Kier alpha value is -1.82. The zero-order valence-corrected chi connectivity index (χ0v) is 18.8. The summed E-state index contributed by atoms with van der Waals surface area (Å²) in [4.78, 5) is 14.9. The summed E-state index contributed by atoms with van der Waals surface area (Å²) in [6.45, 7) is 8.35. The predicted octanol–water partition coefficient (Wildman–Crippen LogP) is 4.81. The molecule has 6 heteroatoms. The number of anilines is 1. The summed E-state index contributed by atoms with van der Waals surface area (Å²) >= 11 is 5.96. The van der Waals surface area contributed by atoms with Gasteiger partial charge in [0.15, 0.2) is 0 Å². The molecule has 5 nitrogen and oxygen atoms in total. The van der Waals surface area contributed by atoms with Gasteiger partial charge in [0.25, 0.3) is 0 Å². The summed E-state index contributed by atoms with van der Waals surface area (Å²) in [5.41, 5.74) is 9.61. The maximum atomic E-state index is 12.9. The molecule has 3 N–H and O–H groups in total. The van der Waals surface area contributed by atoms with Crippen molar-refractivity contribution in [2.75, 3.05) is 38.0 Å². The molecule has 1 heterocycles. The number of aryl methyl sites for hydroxylation is 1. The van der Waals surface area contributed by atoms with Crippen LogP contribution in [0.5, 0.6) is 0 Å². The fourth-order valence-electron chi connectivity index (χ4n) is 3.37. The number of benzene rings is 1. The van der Waals surface area contributed by atoms with Gasteiger partial charge < -0.3 is 15.5 Å². The number of hydrogen-bond acceptors (Lipinski definition) is 5. The second-order valence-corrected chi connectivity index (χ2v) is 8.03. The van der Waals surface area contributed by atoms with Crippen molar-refractivity contribution in [3.63, 3.8) is 0 Å². The molecule has 0 aliphatic rings. The number of likely N-dealkylation sites (N-methyl/N-ethyl adjacent to an activating group) is 1. The number of nitrogens with zero attached hydrogens (tertiary/aromatic N) is 1. The van der Waals surface area contributed by atoms with Gasteiger partial charge in [-0.2, -0.15) is 0 Å². The van der Waals surface area contributed by atoms with Gasteiger partial charge in [0.1, 0.15) is 5.58 Å². The first-order valence-electron chi connectivity index (χ1n) is 10.4. The van der Waals surface area contributed by atoms with Gasteiger partial charge >= 0.3 is 5.63 Å². The van der Waals surface area contributed by atoms with Crippen molar-refractivity contribution < 1.29 is 4.42 Å². The van der Waals surface area contributed by atoms with Crippen LogP contribution < -0.4 is 16.7 Å². The summed E-state index contributed by atoms with van der Waals surface area (Å²) in [5, 5.41) is 4.32. The van der Waals surface area contributed by atoms with E-state index >= 15 is 0 Å². The van der Waals surface area contributed by atoms with E-state index in [0.29, 0.717) is 29.6 Å². The largest absolute Gasteiger partial charge is 0.422 e. The molecule has 1 aromatic heterocycles. The lowest BCUT2D eigenvalue weighted by atomic mass is 9.93. The molecule has 29 heavy (non-hydrogen) atoms. The molecule has 0 aliphatic heterocycles. The van der Waals surface area contributed by atoms with Gasteiger partial charge in [-0.1, -0.05) is 19.9 Å². The van der Waals surface area contributed by atoms with Crippen LogP contribution in [0.15, 0.2) is 33.5 Å². The summed E-state index contributed by atoms with van der Waals surface area (Å²) in [5.74, 6) is 1.04. The number of hydrogen-bond donors (Lipinski definition) is 2. The quantitative estimate of drug-likeness (QED) is 0.310. The molecule has 0 aliphatic carbocycles. The molecular weight excluding hydrogens is 386 g/mol. The minimum Gasteiger partial charge on any atom is -0.422 e. The maximum Gasteiger partial charge on any atom is 0.344 e. The first-order valence-corrected chi connectivity index (χ1v) is 10.9. The number of alkyl halides is 1. The molecule has 0 amide bonds. The first kappa shape index (κ1) is 23.5. The molecule has 0 saturated carbocycles. The number of rotatable bonds is 11. The Morgan fingerprint density at radius 2 is 2.17 bits per heavy atom. The van der Waals surface area contributed by atoms with Crippen molar-refractivity contribution in [3.05, 3.63) is 45.8 Å². The highest BCUT2D eigenvalue weighted by atomic mass is 35.5. The van der Waals surface area contributed by atoms with E-state index in [0.717, 1.165) is 54.6 Å². The van der Waals surface area contributed by atoms with E-state index in [1.165, 1.54) is 0 Å². The van der Waals surface area contributed by atoms with Gasteiger partial charge in [0, 0.05) is 42.8 Å². The van der Waals surface area contributed by atoms with E-state index < -0.39 is 0 Å². The number of nitrogens with two attached hydrogens (primary N) is 1. The molecule has 0 fully saturated rings. The Bertz CT molecular complexity index is 892. The molecule has 160 valence electrons. The topological polar surface area (TPSA) is 71.5 Å². The Morgan fingerprint density at radius 1 is 1.41 bits per heavy atom. The summed E-state index contributed by atoms with van der Waals surface area (Å²) in [7, 11) is 1.97. The predicted molar refractivity (Wildman–Crippen MR) is 125 cm³/mol. The lowest BCUT2D eigenvalue weighted by molar-refractivity contribution is 0.358. The zero-order chi connectivity index (χ0) is 21.4. The van der Waals surface area contributed by atoms with Gasteiger partial charge in [0.05, 0.1) is 5.56 Å². The van der Waals surface area contributed by atoms with Crippen LogP contribution in [0.25, 0.3) is 16.5 Å². The van der Waals surface area contributed by atoms with Crippen LogP contribution in [0, 0.1) is 12.8 Å². The molecule has 1 aromatic carbocycles. The monoisotopic (exact) mass is 419 g/mol. The van der Waals surface area contributed by atoms with E-state index in [4.69, 9.17) is 21.8 Å². The van der Waals surface area contributed by atoms with Gasteiger partial charge in [-0.05, 0) is 62.4 Å². The average Bonchev–Trinajstić information content (AvgIpc) is 2.71. The smallest absolute Gasteiger partial charge is 0.344 e. The fourth-order valence-corrected chi connectivity index (χ4v) is 3.53. The molecule has 2 rings (SSSR count). The van der Waals surface area contributed by atoms with Gasteiger partial charge in [0.2, 0.25) is 0 Å². The Morgan fingerprint density at radius 3 is 2.83 bits per heavy atom. The normalized spacial score (nSPS) is 13.3. The fraction of sp³-hybridized carbons (Fsp3) is 0.522. The maximum absolute atomic E-state index is 12.9. The second-order valence-electron chi connectivity index (χ2n) is 7.73. The molecule has 2 aromatic rings.